The summed E-state index contributed by atoms with van der Waals surface area (Å²) in [5, 5.41) is 8.69. The fourth-order valence-electron chi connectivity index (χ4n) is 2.26. The van der Waals surface area contributed by atoms with Gasteiger partial charge in [0.1, 0.15) is 16.4 Å². The Labute approximate surface area is 157 Å². The summed E-state index contributed by atoms with van der Waals surface area (Å²) in [6.07, 6.45) is 4.87. The van der Waals surface area contributed by atoms with Gasteiger partial charge in [0.15, 0.2) is 0 Å². The average molecular weight is 391 g/mol. The highest BCUT2D eigenvalue weighted by molar-refractivity contribution is 7.13. The van der Waals surface area contributed by atoms with E-state index in [4.69, 9.17) is 0 Å². The average Bonchev–Trinajstić information content (AvgIpc) is 3.07. The van der Waals surface area contributed by atoms with Crippen LogP contribution in [0.2, 0.25) is 0 Å². The number of piperazine rings is 1. The van der Waals surface area contributed by atoms with E-state index < -0.39 is 0 Å². The topological polar surface area (TPSA) is 83.0 Å². The number of nitrogens with zero attached hydrogens (tertiary/aromatic N) is 4. The van der Waals surface area contributed by atoms with Gasteiger partial charge in [-0.25, -0.2) is 4.98 Å². The first kappa shape index (κ1) is 20.7. The van der Waals surface area contributed by atoms with Crippen molar-refractivity contribution in [2.75, 3.05) is 39.3 Å². The highest BCUT2D eigenvalue weighted by Crippen LogP contribution is 2.20. The van der Waals surface area contributed by atoms with Crippen molar-refractivity contribution < 1.29 is 4.79 Å². The number of hydrogen-bond donors (Lipinski definition) is 2. The van der Waals surface area contributed by atoms with E-state index in [1.54, 1.807) is 24.0 Å². The van der Waals surface area contributed by atoms with Crippen LogP contribution in [0.25, 0.3) is 10.7 Å². The SMILES string of the molecule is Cl.Cl.O=C(NCCN1CCNCC1)c1csc(-c2cnccn2)n1. The third kappa shape index (κ3) is 5.64. The monoisotopic (exact) mass is 390 g/mol. The molecule has 3 heterocycles. The first-order valence-corrected chi connectivity index (χ1v) is 8.14. The van der Waals surface area contributed by atoms with Gasteiger partial charge >= 0.3 is 0 Å². The van der Waals surface area contributed by atoms with E-state index in [1.165, 1.54) is 11.3 Å². The van der Waals surface area contributed by atoms with E-state index in [9.17, 15) is 4.79 Å². The number of halogens is 2. The number of carbonyl (C=O) groups is 1. The molecule has 1 amide bonds. The Morgan fingerprint density at radius 2 is 2.08 bits per heavy atom. The molecule has 1 saturated heterocycles. The molecule has 2 aromatic heterocycles. The lowest BCUT2D eigenvalue weighted by molar-refractivity contribution is 0.0943. The second-order valence-electron chi connectivity index (χ2n) is 4.98. The Kier molecular flexibility index (Phi) is 9.09. The summed E-state index contributed by atoms with van der Waals surface area (Å²) in [5.41, 5.74) is 1.12. The van der Waals surface area contributed by atoms with Gasteiger partial charge in [-0.2, -0.15) is 0 Å². The smallest absolute Gasteiger partial charge is 0.270 e. The predicted molar refractivity (Wildman–Crippen MR) is 99.3 cm³/mol. The second kappa shape index (κ2) is 10.5. The maximum atomic E-state index is 12.1. The van der Waals surface area contributed by atoms with Crippen molar-refractivity contribution in [3.63, 3.8) is 0 Å². The van der Waals surface area contributed by atoms with Gasteiger partial charge in [-0.15, -0.1) is 36.2 Å². The largest absolute Gasteiger partial charge is 0.349 e. The van der Waals surface area contributed by atoms with Gasteiger partial charge < -0.3 is 10.6 Å². The quantitative estimate of drug-likeness (QED) is 0.794. The molecule has 24 heavy (non-hydrogen) atoms. The Bertz CT molecular complexity index is 621. The summed E-state index contributed by atoms with van der Waals surface area (Å²) in [6, 6.07) is 0. The molecule has 0 saturated carbocycles. The van der Waals surface area contributed by atoms with Crippen molar-refractivity contribution in [3.8, 4) is 10.7 Å². The zero-order valence-electron chi connectivity index (χ0n) is 13.0. The van der Waals surface area contributed by atoms with Gasteiger partial charge in [-0.05, 0) is 0 Å². The molecule has 0 atom stereocenters. The lowest BCUT2D eigenvalue weighted by atomic mass is 10.3. The molecule has 0 aliphatic carbocycles. The number of nitrogens with one attached hydrogen (secondary N) is 2. The van der Waals surface area contributed by atoms with Gasteiger partial charge in [-0.3, -0.25) is 19.7 Å². The van der Waals surface area contributed by atoms with Crippen LogP contribution in [0.5, 0.6) is 0 Å². The standard InChI is InChI=1S/C14H18N6OS.2ClH/c21-13(18-5-8-20-6-3-15-4-7-20)12-10-22-14(19-12)11-9-16-1-2-17-11;;/h1-2,9-10,15H,3-8H2,(H,18,21);2*1H. The third-order valence-corrected chi connectivity index (χ3v) is 4.31. The number of rotatable bonds is 5. The minimum absolute atomic E-state index is 0. The van der Waals surface area contributed by atoms with Crippen molar-refractivity contribution >= 4 is 42.1 Å². The zero-order chi connectivity index (χ0) is 15.2. The Morgan fingerprint density at radius 1 is 1.29 bits per heavy atom. The van der Waals surface area contributed by atoms with Crippen LogP contribution < -0.4 is 10.6 Å². The lowest BCUT2D eigenvalue weighted by Crippen LogP contribution is -2.46. The van der Waals surface area contributed by atoms with Crippen LogP contribution in [0.15, 0.2) is 24.0 Å². The fourth-order valence-corrected chi connectivity index (χ4v) is 3.02. The number of hydrogen-bond acceptors (Lipinski definition) is 7. The highest BCUT2D eigenvalue weighted by atomic mass is 35.5. The molecule has 0 spiro atoms. The molecule has 0 aromatic carbocycles. The van der Waals surface area contributed by atoms with E-state index in [2.05, 4.69) is 30.5 Å². The summed E-state index contributed by atoms with van der Waals surface area (Å²) >= 11 is 1.40. The molecule has 7 nitrogen and oxygen atoms in total. The van der Waals surface area contributed by atoms with Gasteiger partial charge in [0.05, 0.1) is 6.20 Å². The van der Waals surface area contributed by atoms with E-state index >= 15 is 0 Å². The summed E-state index contributed by atoms with van der Waals surface area (Å²) < 4.78 is 0. The molecule has 1 aliphatic heterocycles. The summed E-state index contributed by atoms with van der Waals surface area (Å²) in [7, 11) is 0. The van der Waals surface area contributed by atoms with E-state index in [0.29, 0.717) is 22.9 Å². The van der Waals surface area contributed by atoms with Crippen molar-refractivity contribution in [2.45, 2.75) is 0 Å². The number of aromatic nitrogens is 3. The number of amides is 1. The van der Waals surface area contributed by atoms with Gasteiger partial charge in [0, 0.05) is 57.0 Å². The van der Waals surface area contributed by atoms with E-state index in [0.717, 1.165) is 32.7 Å². The molecule has 1 aliphatic rings. The predicted octanol–water partition coefficient (Wildman–Crippen LogP) is 1.08. The summed E-state index contributed by atoms with van der Waals surface area (Å²) in [6.45, 7) is 5.60. The maximum Gasteiger partial charge on any atom is 0.270 e. The van der Waals surface area contributed by atoms with Gasteiger partial charge in [0.25, 0.3) is 5.91 Å². The molecule has 2 N–H and O–H groups in total. The van der Waals surface area contributed by atoms with Crippen LogP contribution in [0, 0.1) is 0 Å². The summed E-state index contributed by atoms with van der Waals surface area (Å²) in [5.74, 6) is -0.137. The summed E-state index contributed by atoms with van der Waals surface area (Å²) in [4.78, 5) is 27.0. The van der Waals surface area contributed by atoms with Gasteiger partial charge in [0.2, 0.25) is 0 Å². The minimum Gasteiger partial charge on any atom is -0.349 e. The van der Waals surface area contributed by atoms with Crippen LogP contribution >= 0.6 is 36.2 Å². The van der Waals surface area contributed by atoms with Crippen LogP contribution in [0.4, 0.5) is 0 Å². The molecular formula is C14H20Cl2N6OS. The molecule has 1 fully saturated rings. The molecule has 0 radical (unpaired) electrons. The third-order valence-electron chi connectivity index (χ3n) is 3.44. The first-order valence-electron chi connectivity index (χ1n) is 7.26. The van der Waals surface area contributed by atoms with Crippen molar-refractivity contribution in [2.24, 2.45) is 0 Å². The Balaban J connectivity index is 0.00000144. The van der Waals surface area contributed by atoms with Crippen LogP contribution in [-0.4, -0.2) is 65.0 Å². The molecule has 3 rings (SSSR count). The van der Waals surface area contributed by atoms with Crippen LogP contribution in [0.1, 0.15) is 10.5 Å². The van der Waals surface area contributed by atoms with Crippen LogP contribution in [-0.2, 0) is 0 Å². The Hall–Kier alpha value is -1.32. The Morgan fingerprint density at radius 3 is 2.79 bits per heavy atom. The highest BCUT2D eigenvalue weighted by Gasteiger charge is 2.13. The van der Waals surface area contributed by atoms with Crippen molar-refractivity contribution in [1.82, 2.24) is 30.5 Å². The zero-order valence-corrected chi connectivity index (χ0v) is 15.4. The fraction of sp³-hybridized carbons (Fsp3) is 0.429. The van der Waals surface area contributed by atoms with E-state index in [-0.39, 0.29) is 30.7 Å². The molecule has 2 aromatic rings. The lowest BCUT2D eigenvalue weighted by Gasteiger charge is -2.26. The molecule has 0 unspecified atom stereocenters. The molecular weight excluding hydrogens is 371 g/mol. The van der Waals surface area contributed by atoms with Crippen molar-refractivity contribution in [1.29, 1.82) is 0 Å². The first-order chi connectivity index (χ1) is 10.8. The maximum absolute atomic E-state index is 12.1. The molecule has 132 valence electrons. The molecule has 10 heteroatoms. The van der Waals surface area contributed by atoms with E-state index in [1.807, 2.05) is 0 Å². The number of carbonyl (C=O) groups excluding carboxylic acids is 1. The van der Waals surface area contributed by atoms with Gasteiger partial charge in [-0.1, -0.05) is 0 Å². The molecule has 0 bridgehead atoms. The second-order valence-corrected chi connectivity index (χ2v) is 5.83. The van der Waals surface area contributed by atoms with Crippen molar-refractivity contribution in [3.05, 3.63) is 29.7 Å². The van der Waals surface area contributed by atoms with Crippen LogP contribution in [0.3, 0.4) is 0 Å². The normalized spacial score (nSPS) is 14.3. The number of thiazole rings is 1. The minimum atomic E-state index is -0.137.